The Labute approximate surface area is 105 Å². The molecule has 0 aliphatic heterocycles. The fourth-order valence-electron chi connectivity index (χ4n) is 1.59. The number of carbonyl (C=O) groups is 1. The standard InChI is InChI=1S/C14H14N2O2/c1-9-6-12(13(17)7-10(9)2)16-14(18)11-4-3-5-15-8-11/h3-8,17H,1-2H3,(H,16,18). The van der Waals surface area contributed by atoms with Crippen LogP contribution in [0.3, 0.4) is 0 Å². The first kappa shape index (κ1) is 12.1. The SMILES string of the molecule is Cc1cc(O)c(NC(=O)c2cccnc2)cc1C. The summed E-state index contributed by atoms with van der Waals surface area (Å²) in [6.07, 6.45) is 3.08. The van der Waals surface area contributed by atoms with Gasteiger partial charge in [0, 0.05) is 12.4 Å². The molecule has 2 N–H and O–H groups in total. The second kappa shape index (κ2) is 4.87. The molecule has 18 heavy (non-hydrogen) atoms. The summed E-state index contributed by atoms with van der Waals surface area (Å²) >= 11 is 0. The highest BCUT2D eigenvalue weighted by Gasteiger charge is 2.10. The van der Waals surface area contributed by atoms with Crippen LogP contribution in [0.5, 0.6) is 5.75 Å². The zero-order valence-electron chi connectivity index (χ0n) is 10.3. The molecule has 2 aromatic rings. The van der Waals surface area contributed by atoms with E-state index in [-0.39, 0.29) is 11.7 Å². The van der Waals surface area contributed by atoms with Crippen LogP contribution in [0.2, 0.25) is 0 Å². The fraction of sp³-hybridized carbons (Fsp3) is 0.143. The van der Waals surface area contributed by atoms with Crippen molar-refractivity contribution in [1.82, 2.24) is 4.98 Å². The van der Waals surface area contributed by atoms with Crippen molar-refractivity contribution in [2.24, 2.45) is 0 Å². The third-order valence-electron chi connectivity index (χ3n) is 2.78. The van der Waals surface area contributed by atoms with Gasteiger partial charge in [-0.3, -0.25) is 9.78 Å². The van der Waals surface area contributed by atoms with Crippen molar-refractivity contribution in [1.29, 1.82) is 0 Å². The topological polar surface area (TPSA) is 62.2 Å². The van der Waals surface area contributed by atoms with Gasteiger partial charge in [0.1, 0.15) is 5.75 Å². The van der Waals surface area contributed by atoms with E-state index in [1.165, 1.54) is 6.20 Å². The van der Waals surface area contributed by atoms with Crippen LogP contribution in [0.15, 0.2) is 36.7 Å². The van der Waals surface area contributed by atoms with Crippen molar-refractivity contribution in [3.8, 4) is 5.75 Å². The Morgan fingerprint density at radius 3 is 2.67 bits per heavy atom. The summed E-state index contributed by atoms with van der Waals surface area (Å²) < 4.78 is 0. The van der Waals surface area contributed by atoms with E-state index in [0.29, 0.717) is 11.3 Å². The number of rotatable bonds is 2. The Morgan fingerprint density at radius 2 is 2.00 bits per heavy atom. The van der Waals surface area contributed by atoms with E-state index in [0.717, 1.165) is 11.1 Å². The Morgan fingerprint density at radius 1 is 1.28 bits per heavy atom. The monoisotopic (exact) mass is 242 g/mol. The van der Waals surface area contributed by atoms with Gasteiger partial charge in [0.25, 0.3) is 5.91 Å². The zero-order valence-corrected chi connectivity index (χ0v) is 10.3. The Balaban J connectivity index is 2.25. The van der Waals surface area contributed by atoms with E-state index in [1.807, 2.05) is 13.8 Å². The minimum absolute atomic E-state index is 0.0651. The van der Waals surface area contributed by atoms with Gasteiger partial charge in [0.15, 0.2) is 0 Å². The van der Waals surface area contributed by atoms with Crippen LogP contribution in [0.4, 0.5) is 5.69 Å². The summed E-state index contributed by atoms with van der Waals surface area (Å²) in [6, 6.07) is 6.74. The van der Waals surface area contributed by atoms with Crippen LogP contribution >= 0.6 is 0 Å². The zero-order chi connectivity index (χ0) is 13.1. The molecule has 0 atom stereocenters. The highest BCUT2D eigenvalue weighted by atomic mass is 16.3. The average molecular weight is 242 g/mol. The third kappa shape index (κ3) is 2.48. The number of aryl methyl sites for hydroxylation is 2. The predicted molar refractivity (Wildman–Crippen MR) is 69.8 cm³/mol. The van der Waals surface area contributed by atoms with Gasteiger partial charge in [0.05, 0.1) is 11.3 Å². The number of aromatic hydroxyl groups is 1. The molecular formula is C14H14N2O2. The number of hydrogen-bond acceptors (Lipinski definition) is 3. The number of nitrogens with one attached hydrogen (secondary N) is 1. The predicted octanol–water partition coefficient (Wildman–Crippen LogP) is 2.66. The summed E-state index contributed by atoms with van der Waals surface area (Å²) in [5, 5.41) is 12.4. The van der Waals surface area contributed by atoms with Crippen LogP contribution in [-0.2, 0) is 0 Å². The minimum Gasteiger partial charge on any atom is -0.506 e. The van der Waals surface area contributed by atoms with Crippen molar-refractivity contribution in [3.63, 3.8) is 0 Å². The molecule has 0 radical (unpaired) electrons. The van der Waals surface area contributed by atoms with Gasteiger partial charge in [-0.05, 0) is 49.2 Å². The molecule has 1 aromatic carbocycles. The lowest BCUT2D eigenvalue weighted by Gasteiger charge is -2.10. The lowest BCUT2D eigenvalue weighted by Crippen LogP contribution is -2.12. The third-order valence-corrected chi connectivity index (χ3v) is 2.78. The summed E-state index contributed by atoms with van der Waals surface area (Å²) in [7, 11) is 0. The summed E-state index contributed by atoms with van der Waals surface area (Å²) in [4.78, 5) is 15.8. The smallest absolute Gasteiger partial charge is 0.257 e. The number of amides is 1. The van der Waals surface area contributed by atoms with E-state index in [1.54, 1.807) is 30.5 Å². The Kier molecular flexibility index (Phi) is 3.28. The highest BCUT2D eigenvalue weighted by Crippen LogP contribution is 2.27. The lowest BCUT2D eigenvalue weighted by atomic mass is 10.1. The van der Waals surface area contributed by atoms with Gasteiger partial charge in [-0.2, -0.15) is 0 Å². The number of benzene rings is 1. The van der Waals surface area contributed by atoms with Gasteiger partial charge in [-0.25, -0.2) is 0 Å². The van der Waals surface area contributed by atoms with Crippen molar-refractivity contribution >= 4 is 11.6 Å². The molecule has 1 heterocycles. The summed E-state index contributed by atoms with van der Waals surface area (Å²) in [5.74, 6) is -0.225. The maximum atomic E-state index is 11.9. The molecule has 0 saturated heterocycles. The van der Waals surface area contributed by atoms with E-state index < -0.39 is 0 Å². The molecular weight excluding hydrogens is 228 g/mol. The number of anilines is 1. The number of phenols is 1. The number of hydrogen-bond donors (Lipinski definition) is 2. The lowest BCUT2D eigenvalue weighted by molar-refractivity contribution is 0.102. The molecule has 1 amide bonds. The molecule has 0 unspecified atom stereocenters. The van der Waals surface area contributed by atoms with Crippen LogP contribution < -0.4 is 5.32 Å². The number of carbonyl (C=O) groups excluding carboxylic acids is 1. The molecule has 4 nitrogen and oxygen atoms in total. The van der Waals surface area contributed by atoms with Crippen LogP contribution in [0.1, 0.15) is 21.5 Å². The molecule has 0 spiro atoms. The summed E-state index contributed by atoms with van der Waals surface area (Å²) in [6.45, 7) is 3.83. The van der Waals surface area contributed by atoms with Gasteiger partial charge in [0.2, 0.25) is 0 Å². The minimum atomic E-state index is -0.290. The largest absolute Gasteiger partial charge is 0.506 e. The molecule has 0 fully saturated rings. The fourth-order valence-corrected chi connectivity index (χ4v) is 1.59. The first-order valence-electron chi connectivity index (χ1n) is 5.59. The van der Waals surface area contributed by atoms with Gasteiger partial charge >= 0.3 is 0 Å². The van der Waals surface area contributed by atoms with Crippen LogP contribution in [-0.4, -0.2) is 16.0 Å². The van der Waals surface area contributed by atoms with Crippen molar-refractivity contribution < 1.29 is 9.90 Å². The molecule has 4 heteroatoms. The van der Waals surface area contributed by atoms with Crippen molar-refractivity contribution in [2.45, 2.75) is 13.8 Å². The highest BCUT2D eigenvalue weighted by molar-refractivity contribution is 6.04. The molecule has 1 aromatic heterocycles. The first-order valence-corrected chi connectivity index (χ1v) is 5.59. The van der Waals surface area contributed by atoms with Crippen LogP contribution in [0.25, 0.3) is 0 Å². The van der Waals surface area contributed by atoms with E-state index >= 15 is 0 Å². The van der Waals surface area contributed by atoms with E-state index in [2.05, 4.69) is 10.3 Å². The van der Waals surface area contributed by atoms with Crippen LogP contribution in [0, 0.1) is 13.8 Å². The van der Waals surface area contributed by atoms with Gasteiger partial charge in [-0.1, -0.05) is 0 Å². The molecule has 2 rings (SSSR count). The molecule has 0 aliphatic rings. The van der Waals surface area contributed by atoms with E-state index in [4.69, 9.17) is 0 Å². The normalized spacial score (nSPS) is 10.1. The quantitative estimate of drug-likeness (QED) is 0.796. The molecule has 92 valence electrons. The van der Waals surface area contributed by atoms with Crippen molar-refractivity contribution in [2.75, 3.05) is 5.32 Å². The number of aromatic nitrogens is 1. The van der Waals surface area contributed by atoms with Crippen molar-refractivity contribution in [3.05, 3.63) is 53.3 Å². The summed E-state index contributed by atoms with van der Waals surface area (Å²) in [5.41, 5.74) is 2.85. The molecule has 0 saturated carbocycles. The van der Waals surface area contributed by atoms with Gasteiger partial charge < -0.3 is 10.4 Å². The Hall–Kier alpha value is -2.36. The van der Waals surface area contributed by atoms with E-state index in [9.17, 15) is 9.90 Å². The van der Waals surface area contributed by atoms with Gasteiger partial charge in [-0.15, -0.1) is 0 Å². The average Bonchev–Trinajstić information content (AvgIpc) is 2.37. The maximum absolute atomic E-state index is 11.9. The molecule has 0 aliphatic carbocycles. The first-order chi connectivity index (χ1) is 8.58. The molecule has 0 bridgehead atoms. The maximum Gasteiger partial charge on any atom is 0.257 e. The Bertz CT molecular complexity index is 580. The number of pyridine rings is 1. The second-order valence-corrected chi connectivity index (χ2v) is 4.15. The second-order valence-electron chi connectivity index (χ2n) is 4.15. The number of nitrogens with zero attached hydrogens (tertiary/aromatic N) is 1. The number of phenolic OH excluding ortho intramolecular Hbond substituents is 1.